The van der Waals surface area contributed by atoms with Crippen molar-refractivity contribution in [2.75, 3.05) is 0 Å². The van der Waals surface area contributed by atoms with Crippen molar-refractivity contribution in [2.45, 2.75) is 25.0 Å². The van der Waals surface area contributed by atoms with Crippen LogP contribution >= 0.6 is 0 Å². The molecule has 4 nitrogen and oxygen atoms in total. The summed E-state index contributed by atoms with van der Waals surface area (Å²) in [6.07, 6.45) is 0.592. The molecule has 4 heteroatoms. The highest BCUT2D eigenvalue weighted by Crippen LogP contribution is 2.30. The Morgan fingerprint density at radius 1 is 0.962 bits per heavy atom. The van der Waals surface area contributed by atoms with Gasteiger partial charge in [-0.25, -0.2) is 4.79 Å². The fourth-order valence-corrected chi connectivity index (χ4v) is 3.39. The highest BCUT2D eigenvalue weighted by atomic mass is 16.5. The van der Waals surface area contributed by atoms with E-state index >= 15 is 0 Å². The smallest absolute Gasteiger partial charge is 0.338 e. The lowest BCUT2D eigenvalue weighted by atomic mass is 9.97. The van der Waals surface area contributed by atoms with Crippen LogP contribution in [0.5, 0.6) is 0 Å². The van der Waals surface area contributed by atoms with Crippen LogP contribution in [0.3, 0.4) is 0 Å². The molecule has 0 aliphatic carbocycles. The summed E-state index contributed by atoms with van der Waals surface area (Å²) < 4.78 is 5.85. The monoisotopic (exact) mass is 345 g/mol. The third-order valence-electron chi connectivity index (χ3n) is 4.74. The van der Waals surface area contributed by atoms with Crippen LogP contribution in [-0.2, 0) is 9.53 Å². The van der Waals surface area contributed by atoms with Crippen LogP contribution in [0.2, 0.25) is 0 Å². The lowest BCUT2D eigenvalue weighted by molar-refractivity contribution is -0.119. The third kappa shape index (κ3) is 3.31. The molecular formula is C22H19NO3. The lowest BCUT2D eigenvalue weighted by Crippen LogP contribution is -2.34. The summed E-state index contributed by atoms with van der Waals surface area (Å²) in [5.74, 6) is -0.388. The van der Waals surface area contributed by atoms with Gasteiger partial charge in [0.15, 0.2) is 0 Å². The number of fused-ring (bicyclic) bond motifs is 1. The number of nitrogens with one attached hydrogen (secondary N) is 1. The average molecular weight is 345 g/mol. The highest BCUT2D eigenvalue weighted by Gasteiger charge is 2.33. The summed E-state index contributed by atoms with van der Waals surface area (Å²) in [5, 5.41) is 5.14. The van der Waals surface area contributed by atoms with Crippen molar-refractivity contribution < 1.29 is 14.3 Å². The number of carbonyl (C=O) groups is 2. The van der Waals surface area contributed by atoms with E-state index < -0.39 is 6.10 Å². The van der Waals surface area contributed by atoms with E-state index in [9.17, 15) is 9.59 Å². The number of esters is 1. The van der Waals surface area contributed by atoms with Crippen molar-refractivity contribution in [3.05, 3.63) is 83.9 Å². The van der Waals surface area contributed by atoms with Gasteiger partial charge in [-0.15, -0.1) is 0 Å². The second kappa shape index (κ2) is 7.00. The SMILES string of the molecule is O=C1CC[C@H]([C@H](OC(=O)c2ccccc2)c2ccc3ccccc3c2)N1. The predicted molar refractivity (Wildman–Crippen MR) is 99.7 cm³/mol. The quantitative estimate of drug-likeness (QED) is 0.727. The molecule has 0 bridgehead atoms. The molecule has 1 heterocycles. The molecule has 0 saturated carbocycles. The molecule has 0 aromatic heterocycles. The maximum absolute atomic E-state index is 12.6. The first-order valence-corrected chi connectivity index (χ1v) is 8.75. The number of rotatable bonds is 4. The van der Waals surface area contributed by atoms with E-state index in [4.69, 9.17) is 4.74 Å². The second-order valence-corrected chi connectivity index (χ2v) is 6.51. The molecule has 1 N–H and O–H groups in total. The Balaban J connectivity index is 1.67. The normalized spacial score (nSPS) is 17.7. The fourth-order valence-electron chi connectivity index (χ4n) is 3.39. The van der Waals surface area contributed by atoms with Crippen molar-refractivity contribution in [3.8, 4) is 0 Å². The molecule has 1 saturated heterocycles. The number of ether oxygens (including phenoxy) is 1. The van der Waals surface area contributed by atoms with Gasteiger partial charge in [-0.1, -0.05) is 54.6 Å². The molecule has 1 aliphatic rings. The summed E-state index contributed by atoms with van der Waals surface area (Å²) >= 11 is 0. The van der Waals surface area contributed by atoms with Crippen molar-refractivity contribution in [3.63, 3.8) is 0 Å². The number of amides is 1. The van der Waals surface area contributed by atoms with Crippen LogP contribution in [-0.4, -0.2) is 17.9 Å². The van der Waals surface area contributed by atoms with E-state index in [1.54, 1.807) is 24.3 Å². The van der Waals surface area contributed by atoms with Crippen molar-refractivity contribution in [2.24, 2.45) is 0 Å². The molecule has 2 atom stereocenters. The minimum atomic E-state index is -0.515. The molecule has 3 aromatic carbocycles. The van der Waals surface area contributed by atoms with E-state index in [1.807, 2.05) is 48.5 Å². The Morgan fingerprint density at radius 2 is 1.69 bits per heavy atom. The van der Waals surface area contributed by atoms with Gasteiger partial charge in [-0.3, -0.25) is 4.79 Å². The summed E-state index contributed by atoms with van der Waals surface area (Å²) in [4.78, 5) is 24.3. The second-order valence-electron chi connectivity index (χ2n) is 6.51. The number of carbonyl (C=O) groups excluding carboxylic acids is 2. The summed E-state index contributed by atoms with van der Waals surface area (Å²) in [6, 6.07) is 22.8. The maximum Gasteiger partial charge on any atom is 0.338 e. The first-order valence-electron chi connectivity index (χ1n) is 8.75. The predicted octanol–water partition coefficient (Wildman–Crippen LogP) is 4.02. The van der Waals surface area contributed by atoms with Gasteiger partial charge >= 0.3 is 5.97 Å². The van der Waals surface area contributed by atoms with Crippen molar-refractivity contribution in [1.29, 1.82) is 0 Å². The minimum absolute atomic E-state index is 0.00320. The van der Waals surface area contributed by atoms with Crippen LogP contribution in [0, 0.1) is 0 Å². The summed E-state index contributed by atoms with van der Waals surface area (Å²) in [7, 11) is 0. The summed E-state index contributed by atoms with van der Waals surface area (Å²) in [6.45, 7) is 0. The van der Waals surface area contributed by atoms with Gasteiger partial charge in [0.1, 0.15) is 6.10 Å². The van der Waals surface area contributed by atoms with Gasteiger partial charge in [0.25, 0.3) is 0 Å². The molecule has 26 heavy (non-hydrogen) atoms. The van der Waals surface area contributed by atoms with Crippen molar-refractivity contribution >= 4 is 22.6 Å². The van der Waals surface area contributed by atoms with Crippen molar-refractivity contribution in [1.82, 2.24) is 5.32 Å². The molecule has 130 valence electrons. The standard InChI is InChI=1S/C22H19NO3/c24-20-13-12-19(23-20)21(26-22(25)16-7-2-1-3-8-16)18-11-10-15-6-4-5-9-17(15)14-18/h1-11,14,19,21H,12-13H2,(H,23,24)/t19-,21-/m1/s1. The molecule has 3 aromatic rings. The largest absolute Gasteiger partial charge is 0.452 e. The number of hydrogen-bond acceptors (Lipinski definition) is 3. The van der Waals surface area contributed by atoms with E-state index in [1.165, 1.54) is 0 Å². The zero-order valence-corrected chi connectivity index (χ0v) is 14.2. The minimum Gasteiger partial charge on any atom is -0.452 e. The molecular weight excluding hydrogens is 326 g/mol. The molecule has 0 radical (unpaired) electrons. The van der Waals surface area contributed by atoms with Gasteiger partial charge in [-0.2, -0.15) is 0 Å². The zero-order valence-electron chi connectivity index (χ0n) is 14.2. The topological polar surface area (TPSA) is 55.4 Å². The zero-order chi connectivity index (χ0) is 17.9. The first-order chi connectivity index (χ1) is 12.7. The average Bonchev–Trinajstić information content (AvgIpc) is 3.12. The van der Waals surface area contributed by atoms with Gasteiger partial charge in [-0.05, 0) is 41.0 Å². The van der Waals surface area contributed by atoms with Crippen LogP contribution in [0.25, 0.3) is 10.8 Å². The van der Waals surface area contributed by atoms with E-state index in [-0.39, 0.29) is 17.9 Å². The van der Waals surface area contributed by atoms with Gasteiger partial charge in [0.2, 0.25) is 5.91 Å². The van der Waals surface area contributed by atoms with Gasteiger partial charge in [0, 0.05) is 6.42 Å². The Labute approximate surface area is 151 Å². The molecule has 0 spiro atoms. The van der Waals surface area contributed by atoms with Gasteiger partial charge in [0.05, 0.1) is 11.6 Å². The van der Waals surface area contributed by atoms with Crippen LogP contribution in [0.1, 0.15) is 34.9 Å². The number of hydrogen-bond donors (Lipinski definition) is 1. The maximum atomic E-state index is 12.6. The highest BCUT2D eigenvalue weighted by molar-refractivity contribution is 5.90. The lowest BCUT2D eigenvalue weighted by Gasteiger charge is -2.24. The molecule has 1 fully saturated rings. The Kier molecular flexibility index (Phi) is 4.40. The molecule has 4 rings (SSSR count). The Morgan fingerprint density at radius 3 is 2.42 bits per heavy atom. The van der Waals surface area contributed by atoms with Crippen LogP contribution < -0.4 is 5.32 Å². The molecule has 1 amide bonds. The first kappa shape index (κ1) is 16.3. The molecule has 0 unspecified atom stereocenters. The number of benzene rings is 3. The van der Waals surface area contributed by atoms with E-state index in [0.717, 1.165) is 16.3 Å². The summed E-state index contributed by atoms with van der Waals surface area (Å²) in [5.41, 5.74) is 1.39. The van der Waals surface area contributed by atoms with Crippen LogP contribution in [0.4, 0.5) is 0 Å². The Hall–Kier alpha value is -3.14. The Bertz CT molecular complexity index is 952. The van der Waals surface area contributed by atoms with Gasteiger partial charge < -0.3 is 10.1 Å². The third-order valence-corrected chi connectivity index (χ3v) is 4.74. The molecule has 1 aliphatic heterocycles. The van der Waals surface area contributed by atoms with E-state index in [0.29, 0.717) is 18.4 Å². The van der Waals surface area contributed by atoms with E-state index in [2.05, 4.69) is 5.32 Å². The fraction of sp³-hybridized carbons (Fsp3) is 0.182. The van der Waals surface area contributed by atoms with Crippen LogP contribution in [0.15, 0.2) is 72.8 Å².